The lowest BCUT2D eigenvalue weighted by Crippen LogP contribution is -2.37. The quantitative estimate of drug-likeness (QED) is 0.839. The molecule has 0 radical (unpaired) electrons. The molecule has 0 aliphatic carbocycles. The van der Waals surface area contributed by atoms with Crippen LogP contribution in [0.5, 0.6) is 0 Å². The van der Waals surface area contributed by atoms with E-state index in [0.717, 1.165) is 5.56 Å². The van der Waals surface area contributed by atoms with Gasteiger partial charge in [-0.2, -0.15) is 0 Å². The Bertz CT molecular complexity index is 472. The molecule has 0 heterocycles. The number of carbonyl (C=O) groups is 2. The number of amides is 2. The first kappa shape index (κ1) is 17.1. The Morgan fingerprint density at radius 3 is 2.38 bits per heavy atom. The van der Waals surface area contributed by atoms with Crippen molar-refractivity contribution in [2.24, 2.45) is 5.92 Å². The third-order valence-electron chi connectivity index (χ3n) is 3.03. The van der Waals surface area contributed by atoms with E-state index in [1.807, 2.05) is 13.8 Å². The van der Waals surface area contributed by atoms with Crippen molar-refractivity contribution in [3.05, 3.63) is 35.6 Å². The Hall–Kier alpha value is -1.91. The first-order valence-corrected chi connectivity index (χ1v) is 7.15. The molecule has 1 N–H and O–H groups in total. The van der Waals surface area contributed by atoms with Gasteiger partial charge in [0.1, 0.15) is 5.82 Å². The van der Waals surface area contributed by atoms with Crippen LogP contribution in [0.1, 0.15) is 32.8 Å². The molecule has 0 aliphatic rings. The van der Waals surface area contributed by atoms with Crippen LogP contribution in [-0.2, 0) is 16.1 Å². The summed E-state index contributed by atoms with van der Waals surface area (Å²) < 4.78 is 12.9. The van der Waals surface area contributed by atoms with Crippen LogP contribution in [0, 0.1) is 11.7 Å². The number of nitrogens with one attached hydrogen (secondary N) is 1. The molecule has 2 amide bonds. The zero-order valence-electron chi connectivity index (χ0n) is 12.9. The predicted molar refractivity (Wildman–Crippen MR) is 80.0 cm³/mol. The lowest BCUT2D eigenvalue weighted by atomic mass is 10.1. The van der Waals surface area contributed by atoms with Gasteiger partial charge in [-0.05, 0) is 23.6 Å². The molecule has 0 aliphatic heterocycles. The van der Waals surface area contributed by atoms with E-state index in [1.54, 1.807) is 17.0 Å². The van der Waals surface area contributed by atoms with Crippen LogP contribution in [-0.4, -0.2) is 29.8 Å². The van der Waals surface area contributed by atoms with E-state index >= 15 is 0 Å². The molecule has 5 heteroatoms. The van der Waals surface area contributed by atoms with Crippen molar-refractivity contribution >= 4 is 11.8 Å². The zero-order chi connectivity index (χ0) is 15.8. The molecular formula is C16H23FN2O2. The Kier molecular flexibility index (Phi) is 6.85. The molecule has 0 saturated carbocycles. The predicted octanol–water partition coefficient (Wildman–Crippen LogP) is 2.34. The maximum atomic E-state index is 12.9. The van der Waals surface area contributed by atoms with Crippen LogP contribution < -0.4 is 5.32 Å². The number of benzene rings is 1. The monoisotopic (exact) mass is 294 g/mol. The van der Waals surface area contributed by atoms with Gasteiger partial charge in [-0.3, -0.25) is 9.59 Å². The molecule has 1 aromatic carbocycles. The second-order valence-corrected chi connectivity index (χ2v) is 5.51. The minimum Gasteiger partial charge on any atom is -0.354 e. The summed E-state index contributed by atoms with van der Waals surface area (Å²) in [6.45, 7) is 6.73. The summed E-state index contributed by atoms with van der Waals surface area (Å²) in [6.07, 6.45) is 0.484. The normalized spacial score (nSPS) is 10.5. The van der Waals surface area contributed by atoms with Crippen molar-refractivity contribution in [1.29, 1.82) is 0 Å². The standard InChI is InChI=1S/C16H23FN2O2/c1-12(2)10-16(21)18-8-9-19(13(3)20)11-14-4-6-15(17)7-5-14/h4-7,12H,8-11H2,1-3H3,(H,18,21). The summed E-state index contributed by atoms with van der Waals surface area (Å²) in [5, 5.41) is 2.80. The van der Waals surface area contributed by atoms with Gasteiger partial charge >= 0.3 is 0 Å². The third-order valence-corrected chi connectivity index (χ3v) is 3.03. The summed E-state index contributed by atoms with van der Waals surface area (Å²) >= 11 is 0. The number of rotatable bonds is 7. The van der Waals surface area contributed by atoms with E-state index in [9.17, 15) is 14.0 Å². The minimum atomic E-state index is -0.297. The Balaban J connectivity index is 2.45. The van der Waals surface area contributed by atoms with E-state index < -0.39 is 0 Å². The van der Waals surface area contributed by atoms with Crippen molar-refractivity contribution in [2.75, 3.05) is 13.1 Å². The van der Waals surface area contributed by atoms with Crippen LogP contribution >= 0.6 is 0 Å². The molecule has 0 atom stereocenters. The molecule has 0 bridgehead atoms. The highest BCUT2D eigenvalue weighted by atomic mass is 19.1. The fourth-order valence-electron chi connectivity index (χ4n) is 1.93. The zero-order valence-corrected chi connectivity index (χ0v) is 12.9. The third kappa shape index (κ3) is 6.88. The van der Waals surface area contributed by atoms with Gasteiger partial charge in [-0.25, -0.2) is 4.39 Å². The molecule has 1 aromatic rings. The minimum absolute atomic E-state index is 0.00437. The van der Waals surface area contributed by atoms with E-state index in [2.05, 4.69) is 5.32 Å². The smallest absolute Gasteiger partial charge is 0.220 e. The summed E-state index contributed by atoms with van der Waals surface area (Å²) in [4.78, 5) is 24.8. The van der Waals surface area contributed by atoms with Gasteiger partial charge in [0, 0.05) is 33.0 Å². The highest BCUT2D eigenvalue weighted by Gasteiger charge is 2.10. The second kappa shape index (κ2) is 8.39. The van der Waals surface area contributed by atoms with Crippen LogP contribution in [0.2, 0.25) is 0 Å². The highest BCUT2D eigenvalue weighted by Crippen LogP contribution is 2.07. The van der Waals surface area contributed by atoms with Crippen molar-refractivity contribution in [3.8, 4) is 0 Å². The van der Waals surface area contributed by atoms with E-state index in [0.29, 0.717) is 32.0 Å². The summed E-state index contributed by atoms with van der Waals surface area (Å²) in [7, 11) is 0. The van der Waals surface area contributed by atoms with Crippen molar-refractivity contribution in [2.45, 2.75) is 33.7 Å². The number of carbonyl (C=O) groups excluding carboxylic acids is 2. The molecule has 0 unspecified atom stereocenters. The maximum Gasteiger partial charge on any atom is 0.220 e. The number of nitrogens with zero attached hydrogens (tertiary/aromatic N) is 1. The number of hydrogen-bond donors (Lipinski definition) is 1. The Morgan fingerprint density at radius 2 is 1.86 bits per heavy atom. The molecule has 0 fully saturated rings. The Labute approximate surface area is 125 Å². The number of halogens is 1. The van der Waals surface area contributed by atoms with E-state index in [4.69, 9.17) is 0 Å². The fourth-order valence-corrected chi connectivity index (χ4v) is 1.93. The summed E-state index contributed by atoms with van der Waals surface area (Å²) in [5.41, 5.74) is 0.861. The Morgan fingerprint density at radius 1 is 1.24 bits per heavy atom. The van der Waals surface area contributed by atoms with Crippen LogP contribution in [0.4, 0.5) is 4.39 Å². The molecule has 0 saturated heterocycles. The van der Waals surface area contributed by atoms with E-state index in [-0.39, 0.29) is 17.6 Å². The molecule has 1 rings (SSSR count). The molecule has 21 heavy (non-hydrogen) atoms. The lowest BCUT2D eigenvalue weighted by molar-refractivity contribution is -0.130. The number of hydrogen-bond acceptors (Lipinski definition) is 2. The van der Waals surface area contributed by atoms with Gasteiger partial charge in [0.05, 0.1) is 0 Å². The topological polar surface area (TPSA) is 49.4 Å². The first-order chi connectivity index (χ1) is 9.88. The molecule has 0 aromatic heterocycles. The van der Waals surface area contributed by atoms with Gasteiger partial charge in [0.25, 0.3) is 0 Å². The lowest BCUT2D eigenvalue weighted by Gasteiger charge is -2.21. The largest absolute Gasteiger partial charge is 0.354 e. The first-order valence-electron chi connectivity index (χ1n) is 7.15. The van der Waals surface area contributed by atoms with Crippen LogP contribution in [0.3, 0.4) is 0 Å². The van der Waals surface area contributed by atoms with Gasteiger partial charge < -0.3 is 10.2 Å². The van der Waals surface area contributed by atoms with Crippen LogP contribution in [0.15, 0.2) is 24.3 Å². The molecule has 116 valence electrons. The van der Waals surface area contributed by atoms with Crippen molar-refractivity contribution < 1.29 is 14.0 Å². The van der Waals surface area contributed by atoms with E-state index in [1.165, 1.54) is 19.1 Å². The highest BCUT2D eigenvalue weighted by molar-refractivity contribution is 5.76. The second-order valence-electron chi connectivity index (χ2n) is 5.51. The molecular weight excluding hydrogens is 271 g/mol. The van der Waals surface area contributed by atoms with Crippen molar-refractivity contribution in [3.63, 3.8) is 0 Å². The summed E-state index contributed by atoms with van der Waals surface area (Å²) in [6, 6.07) is 6.06. The van der Waals surface area contributed by atoms with Crippen LogP contribution in [0.25, 0.3) is 0 Å². The molecule has 0 spiro atoms. The van der Waals surface area contributed by atoms with Gasteiger partial charge in [-0.1, -0.05) is 26.0 Å². The maximum absolute atomic E-state index is 12.9. The van der Waals surface area contributed by atoms with Gasteiger partial charge in [0.15, 0.2) is 0 Å². The van der Waals surface area contributed by atoms with Crippen molar-refractivity contribution in [1.82, 2.24) is 10.2 Å². The fraction of sp³-hybridized carbons (Fsp3) is 0.500. The van der Waals surface area contributed by atoms with Gasteiger partial charge in [-0.15, -0.1) is 0 Å². The average Bonchev–Trinajstić information content (AvgIpc) is 2.39. The summed E-state index contributed by atoms with van der Waals surface area (Å²) in [5.74, 6) is -0.0603. The SMILES string of the molecule is CC(=O)N(CCNC(=O)CC(C)C)Cc1ccc(F)cc1. The molecule has 4 nitrogen and oxygen atoms in total. The van der Waals surface area contributed by atoms with Gasteiger partial charge in [0.2, 0.25) is 11.8 Å². The average molecular weight is 294 g/mol.